The van der Waals surface area contributed by atoms with Crippen molar-refractivity contribution in [3.63, 3.8) is 0 Å². The van der Waals surface area contributed by atoms with Crippen molar-refractivity contribution < 1.29 is 0 Å². The Morgan fingerprint density at radius 3 is 0.875 bits per heavy atom. The molecule has 1 aromatic carbocycles. The highest BCUT2D eigenvalue weighted by Gasteiger charge is 1.57. The molecule has 0 bridgehead atoms. The minimum Gasteiger partial charge on any atom is -0.0654 e. The van der Waals surface area contributed by atoms with Gasteiger partial charge in [-0.1, -0.05) is 50.2 Å². The summed E-state index contributed by atoms with van der Waals surface area (Å²) in [6.07, 6.45) is 0. The highest BCUT2D eigenvalue weighted by Crippen LogP contribution is 1.79. The molecule has 0 aliphatic carbocycles. The van der Waals surface area contributed by atoms with E-state index in [0.717, 1.165) is 0 Å². The van der Waals surface area contributed by atoms with E-state index in [0.29, 0.717) is 0 Å². The monoisotopic (exact) mass is 107 g/mol. The summed E-state index contributed by atoms with van der Waals surface area (Å²) in [7, 11) is 0. The molecule has 1 radical (unpaired) electrons. The average molecular weight is 107 g/mol. The van der Waals surface area contributed by atoms with E-state index < -0.39 is 0 Å². The second kappa shape index (κ2) is 6.22. The van der Waals surface area contributed by atoms with E-state index in [1.54, 1.807) is 6.92 Å². The number of rotatable bonds is 0. The Hall–Kier alpha value is -0.780. The third kappa shape index (κ3) is 3.41. The first kappa shape index (κ1) is 7.22. The maximum atomic E-state index is 3.25. The third-order valence-corrected chi connectivity index (χ3v) is 0.667. The van der Waals surface area contributed by atoms with Crippen LogP contribution in [0.4, 0.5) is 0 Å². The van der Waals surface area contributed by atoms with Crippen molar-refractivity contribution in [2.45, 2.75) is 6.92 Å². The molecule has 0 spiro atoms. The minimum atomic E-state index is 1.75. The van der Waals surface area contributed by atoms with E-state index in [-0.39, 0.29) is 0 Å². The van der Waals surface area contributed by atoms with Gasteiger partial charge in [-0.2, -0.15) is 0 Å². The van der Waals surface area contributed by atoms with E-state index in [4.69, 9.17) is 0 Å². The SMILES string of the molecule is [CH2]C.c1ccccc1. The van der Waals surface area contributed by atoms with Gasteiger partial charge in [0.25, 0.3) is 0 Å². The first-order valence-corrected chi connectivity index (χ1v) is 2.71. The fraction of sp³-hybridized carbons (Fsp3) is 0.125. The lowest BCUT2D eigenvalue weighted by Crippen LogP contribution is -1.47. The topological polar surface area (TPSA) is 0 Å². The number of hydrogen-bond donors (Lipinski definition) is 0. The van der Waals surface area contributed by atoms with Crippen LogP contribution in [0.3, 0.4) is 0 Å². The van der Waals surface area contributed by atoms with Crippen molar-refractivity contribution >= 4 is 0 Å². The van der Waals surface area contributed by atoms with Crippen LogP contribution in [0.1, 0.15) is 6.92 Å². The van der Waals surface area contributed by atoms with Crippen LogP contribution in [0.15, 0.2) is 36.4 Å². The third-order valence-electron chi connectivity index (χ3n) is 0.667. The van der Waals surface area contributed by atoms with Crippen LogP contribution < -0.4 is 0 Å². The fourth-order valence-electron chi connectivity index (χ4n) is 0.385. The summed E-state index contributed by atoms with van der Waals surface area (Å²) in [4.78, 5) is 0. The molecule has 0 aliphatic rings. The molecule has 0 N–H and O–H groups in total. The van der Waals surface area contributed by atoms with Crippen LogP contribution in [0.5, 0.6) is 0 Å². The molecule has 0 unspecified atom stereocenters. The Morgan fingerprint density at radius 1 is 0.625 bits per heavy atom. The lowest BCUT2D eigenvalue weighted by atomic mass is 10.4. The molecule has 0 heterocycles. The Morgan fingerprint density at radius 2 is 0.750 bits per heavy atom. The molecule has 0 aliphatic heterocycles. The molecular formula is C8H11. The summed E-state index contributed by atoms with van der Waals surface area (Å²) in [6, 6.07) is 12.0. The van der Waals surface area contributed by atoms with Gasteiger partial charge in [-0.25, -0.2) is 0 Å². The van der Waals surface area contributed by atoms with Crippen molar-refractivity contribution in [3.05, 3.63) is 43.3 Å². The van der Waals surface area contributed by atoms with E-state index in [1.165, 1.54) is 0 Å². The van der Waals surface area contributed by atoms with E-state index in [1.807, 2.05) is 36.4 Å². The fourth-order valence-corrected chi connectivity index (χ4v) is 0.385. The van der Waals surface area contributed by atoms with Gasteiger partial charge in [-0.3, -0.25) is 0 Å². The lowest BCUT2D eigenvalue weighted by Gasteiger charge is -1.69. The molecule has 0 amide bonds. The normalized spacial score (nSPS) is 6.75. The van der Waals surface area contributed by atoms with Crippen molar-refractivity contribution in [1.82, 2.24) is 0 Å². The van der Waals surface area contributed by atoms with Crippen molar-refractivity contribution in [1.29, 1.82) is 0 Å². The zero-order chi connectivity index (χ0) is 6.24. The van der Waals surface area contributed by atoms with Gasteiger partial charge in [0.15, 0.2) is 0 Å². The number of hydrogen-bond acceptors (Lipinski definition) is 0. The maximum absolute atomic E-state index is 3.25. The minimum absolute atomic E-state index is 1.75. The first-order chi connectivity index (χ1) is 4.00. The summed E-state index contributed by atoms with van der Waals surface area (Å²) in [6.45, 7) is 5.00. The van der Waals surface area contributed by atoms with Gasteiger partial charge in [0.05, 0.1) is 0 Å². The van der Waals surface area contributed by atoms with Gasteiger partial charge in [0.2, 0.25) is 0 Å². The smallest absolute Gasteiger partial charge is 0.0564 e. The highest BCUT2D eigenvalue weighted by molar-refractivity contribution is 4.99. The van der Waals surface area contributed by atoms with Crippen molar-refractivity contribution in [3.8, 4) is 0 Å². The van der Waals surface area contributed by atoms with Crippen LogP contribution in [0, 0.1) is 6.92 Å². The molecule has 0 saturated heterocycles. The average Bonchev–Trinajstić information content (AvgIpc) is 1.96. The molecule has 8 heavy (non-hydrogen) atoms. The van der Waals surface area contributed by atoms with Crippen LogP contribution >= 0.6 is 0 Å². The second-order valence-corrected chi connectivity index (χ2v) is 1.15. The summed E-state index contributed by atoms with van der Waals surface area (Å²) in [5.74, 6) is 0. The standard InChI is InChI=1S/C6H6.C2H5/c1-2-4-6-5-3-1;1-2/h1-6H;1H2,2H3. The molecule has 0 heteroatoms. The molecule has 0 atom stereocenters. The molecule has 0 fully saturated rings. The summed E-state index contributed by atoms with van der Waals surface area (Å²) < 4.78 is 0. The Bertz CT molecular complexity index is 72.0. The van der Waals surface area contributed by atoms with Crippen LogP contribution in [0.2, 0.25) is 0 Å². The molecular weight excluding hydrogens is 96.1 g/mol. The predicted molar refractivity (Wildman–Crippen MR) is 37.5 cm³/mol. The van der Waals surface area contributed by atoms with Crippen molar-refractivity contribution in [2.24, 2.45) is 0 Å². The van der Waals surface area contributed by atoms with Crippen molar-refractivity contribution in [2.75, 3.05) is 0 Å². The highest BCUT2D eigenvalue weighted by atomic mass is 13.6. The second-order valence-electron chi connectivity index (χ2n) is 1.15. The van der Waals surface area contributed by atoms with Gasteiger partial charge in [0.1, 0.15) is 0 Å². The summed E-state index contributed by atoms with van der Waals surface area (Å²) in [5.41, 5.74) is 0. The van der Waals surface area contributed by atoms with E-state index in [9.17, 15) is 0 Å². The summed E-state index contributed by atoms with van der Waals surface area (Å²) >= 11 is 0. The van der Waals surface area contributed by atoms with E-state index in [2.05, 4.69) is 6.92 Å². The van der Waals surface area contributed by atoms with Gasteiger partial charge in [0, 0.05) is 0 Å². The quantitative estimate of drug-likeness (QED) is 0.478. The molecule has 1 aromatic rings. The number of benzene rings is 1. The zero-order valence-electron chi connectivity index (χ0n) is 5.17. The Balaban J connectivity index is 0.000000222. The molecule has 0 aromatic heterocycles. The molecule has 1 rings (SSSR count). The largest absolute Gasteiger partial charge is 0.0654 e. The van der Waals surface area contributed by atoms with Gasteiger partial charge < -0.3 is 0 Å². The molecule has 43 valence electrons. The summed E-state index contributed by atoms with van der Waals surface area (Å²) in [5, 5.41) is 0. The Kier molecular flexibility index (Phi) is 5.61. The van der Waals surface area contributed by atoms with Crippen LogP contribution in [-0.2, 0) is 0 Å². The van der Waals surface area contributed by atoms with Crippen LogP contribution in [0.25, 0.3) is 0 Å². The lowest BCUT2D eigenvalue weighted by molar-refractivity contribution is 1.72. The van der Waals surface area contributed by atoms with E-state index >= 15 is 0 Å². The molecule has 0 saturated carbocycles. The van der Waals surface area contributed by atoms with Crippen LogP contribution in [-0.4, -0.2) is 0 Å². The van der Waals surface area contributed by atoms with Gasteiger partial charge >= 0.3 is 0 Å². The Labute approximate surface area is 51.2 Å². The maximum Gasteiger partial charge on any atom is -0.0564 e. The van der Waals surface area contributed by atoms with Gasteiger partial charge in [-0.05, 0) is 0 Å². The first-order valence-electron chi connectivity index (χ1n) is 2.71. The van der Waals surface area contributed by atoms with Gasteiger partial charge in [-0.15, -0.1) is 0 Å². The molecule has 0 nitrogen and oxygen atoms in total. The predicted octanol–water partition coefficient (Wildman–Crippen LogP) is 2.53. The zero-order valence-corrected chi connectivity index (χ0v) is 5.17.